The molecule has 0 atom stereocenters. The van der Waals surface area contributed by atoms with Gasteiger partial charge in [-0.2, -0.15) is 0 Å². The second kappa shape index (κ2) is 8.85. The standard InChI is InChI=1S/C20H23BrN2O3/c1-5-18(24)22-16-7-6-8-17(14(16)4)23-19(25)11-26-20-12(2)9-15(21)10-13(20)3/h6-10H,5,11H2,1-4H3,(H,22,24)(H,23,25). The maximum atomic E-state index is 12.3. The van der Waals surface area contributed by atoms with Crippen LogP contribution in [0.5, 0.6) is 5.75 Å². The highest BCUT2D eigenvalue weighted by Crippen LogP contribution is 2.27. The zero-order valence-electron chi connectivity index (χ0n) is 15.4. The fraction of sp³-hybridized carbons (Fsp3) is 0.300. The van der Waals surface area contributed by atoms with Gasteiger partial charge in [0.05, 0.1) is 0 Å². The Morgan fingerprint density at radius 1 is 1.00 bits per heavy atom. The number of carbonyl (C=O) groups is 2. The van der Waals surface area contributed by atoms with Gasteiger partial charge in [0.2, 0.25) is 5.91 Å². The van der Waals surface area contributed by atoms with Crippen LogP contribution in [0, 0.1) is 20.8 Å². The smallest absolute Gasteiger partial charge is 0.262 e. The molecule has 138 valence electrons. The van der Waals surface area contributed by atoms with E-state index in [0.717, 1.165) is 21.2 Å². The molecule has 0 unspecified atom stereocenters. The van der Waals surface area contributed by atoms with Gasteiger partial charge in [-0.15, -0.1) is 0 Å². The molecule has 0 aliphatic heterocycles. The van der Waals surface area contributed by atoms with E-state index >= 15 is 0 Å². The number of benzene rings is 2. The number of nitrogens with one attached hydrogen (secondary N) is 2. The molecule has 26 heavy (non-hydrogen) atoms. The second-order valence-electron chi connectivity index (χ2n) is 6.09. The van der Waals surface area contributed by atoms with E-state index in [1.165, 1.54) is 0 Å². The molecular weight excluding hydrogens is 396 g/mol. The molecule has 5 nitrogen and oxygen atoms in total. The molecule has 0 saturated heterocycles. The van der Waals surface area contributed by atoms with Gasteiger partial charge in [0.15, 0.2) is 6.61 Å². The van der Waals surface area contributed by atoms with E-state index in [0.29, 0.717) is 23.5 Å². The number of rotatable bonds is 6. The highest BCUT2D eigenvalue weighted by molar-refractivity contribution is 9.10. The van der Waals surface area contributed by atoms with Crippen molar-refractivity contribution >= 4 is 39.1 Å². The van der Waals surface area contributed by atoms with Gasteiger partial charge in [0, 0.05) is 22.3 Å². The summed E-state index contributed by atoms with van der Waals surface area (Å²) in [5, 5.41) is 5.66. The first-order chi connectivity index (χ1) is 12.3. The minimum Gasteiger partial charge on any atom is -0.483 e. The zero-order chi connectivity index (χ0) is 19.3. The third kappa shape index (κ3) is 5.08. The quantitative estimate of drug-likeness (QED) is 0.711. The van der Waals surface area contributed by atoms with E-state index in [4.69, 9.17) is 4.74 Å². The number of hydrogen-bond donors (Lipinski definition) is 2. The van der Waals surface area contributed by atoms with E-state index in [-0.39, 0.29) is 18.4 Å². The number of amides is 2. The molecule has 0 radical (unpaired) electrons. The molecule has 2 amide bonds. The largest absolute Gasteiger partial charge is 0.483 e. The summed E-state index contributed by atoms with van der Waals surface area (Å²) < 4.78 is 6.68. The number of anilines is 2. The van der Waals surface area contributed by atoms with Crippen molar-refractivity contribution in [2.45, 2.75) is 34.1 Å². The number of carbonyl (C=O) groups excluding carboxylic acids is 2. The summed E-state index contributed by atoms with van der Waals surface area (Å²) in [6.45, 7) is 7.43. The first-order valence-corrected chi connectivity index (χ1v) is 9.20. The lowest BCUT2D eigenvalue weighted by Gasteiger charge is -2.15. The molecule has 0 spiro atoms. The molecule has 2 N–H and O–H groups in total. The van der Waals surface area contributed by atoms with E-state index in [1.807, 2.05) is 39.0 Å². The minimum atomic E-state index is -0.256. The highest BCUT2D eigenvalue weighted by atomic mass is 79.9. The summed E-state index contributed by atoms with van der Waals surface area (Å²) in [5.74, 6) is 0.388. The van der Waals surface area contributed by atoms with Gasteiger partial charge in [-0.05, 0) is 61.7 Å². The van der Waals surface area contributed by atoms with Crippen molar-refractivity contribution in [3.8, 4) is 5.75 Å². The van der Waals surface area contributed by atoms with E-state index in [2.05, 4.69) is 26.6 Å². The maximum absolute atomic E-state index is 12.3. The molecular formula is C20H23BrN2O3. The summed E-state index contributed by atoms with van der Waals surface area (Å²) in [6, 6.07) is 9.29. The lowest BCUT2D eigenvalue weighted by Crippen LogP contribution is -2.21. The fourth-order valence-corrected chi connectivity index (χ4v) is 3.28. The van der Waals surface area contributed by atoms with Gasteiger partial charge in [0.1, 0.15) is 5.75 Å². The van der Waals surface area contributed by atoms with Crippen LogP contribution in [0.2, 0.25) is 0 Å². The van der Waals surface area contributed by atoms with Crippen LogP contribution in [0.25, 0.3) is 0 Å². The normalized spacial score (nSPS) is 10.3. The summed E-state index contributed by atoms with van der Waals surface area (Å²) in [6.07, 6.45) is 0.399. The van der Waals surface area contributed by atoms with Crippen LogP contribution in [0.15, 0.2) is 34.8 Å². The molecule has 2 aromatic carbocycles. The molecule has 2 aromatic rings. The van der Waals surface area contributed by atoms with Crippen molar-refractivity contribution in [1.82, 2.24) is 0 Å². The number of halogens is 1. The van der Waals surface area contributed by atoms with Crippen LogP contribution in [-0.4, -0.2) is 18.4 Å². The summed E-state index contributed by atoms with van der Waals surface area (Å²) in [4.78, 5) is 23.9. The molecule has 0 bridgehead atoms. The van der Waals surface area contributed by atoms with Crippen LogP contribution in [0.4, 0.5) is 11.4 Å². The van der Waals surface area contributed by atoms with Crippen molar-refractivity contribution in [3.63, 3.8) is 0 Å². The van der Waals surface area contributed by atoms with Gasteiger partial charge in [-0.1, -0.05) is 28.9 Å². The van der Waals surface area contributed by atoms with E-state index < -0.39 is 0 Å². The van der Waals surface area contributed by atoms with Crippen molar-refractivity contribution < 1.29 is 14.3 Å². The topological polar surface area (TPSA) is 67.4 Å². The SMILES string of the molecule is CCC(=O)Nc1cccc(NC(=O)COc2c(C)cc(Br)cc2C)c1C. The van der Waals surface area contributed by atoms with Crippen molar-refractivity contribution in [1.29, 1.82) is 0 Å². The van der Waals surface area contributed by atoms with Crippen molar-refractivity contribution in [3.05, 3.63) is 51.5 Å². The molecule has 0 saturated carbocycles. The third-order valence-electron chi connectivity index (χ3n) is 3.98. The predicted molar refractivity (Wildman–Crippen MR) is 108 cm³/mol. The number of ether oxygens (including phenoxy) is 1. The number of hydrogen-bond acceptors (Lipinski definition) is 3. The van der Waals surface area contributed by atoms with Crippen LogP contribution in [0.3, 0.4) is 0 Å². The average Bonchev–Trinajstić information content (AvgIpc) is 2.57. The first kappa shape index (κ1) is 20.0. The molecule has 0 heterocycles. The molecule has 0 aromatic heterocycles. The maximum Gasteiger partial charge on any atom is 0.262 e. The van der Waals surface area contributed by atoms with Crippen LogP contribution in [0.1, 0.15) is 30.0 Å². The van der Waals surface area contributed by atoms with Gasteiger partial charge in [-0.25, -0.2) is 0 Å². The monoisotopic (exact) mass is 418 g/mol. The lowest BCUT2D eigenvalue weighted by atomic mass is 10.1. The Kier molecular flexibility index (Phi) is 6.80. The van der Waals surface area contributed by atoms with Crippen LogP contribution < -0.4 is 15.4 Å². The molecule has 0 aliphatic carbocycles. The molecule has 2 rings (SSSR count). The molecule has 6 heteroatoms. The summed E-state index contributed by atoms with van der Waals surface area (Å²) >= 11 is 3.44. The Hall–Kier alpha value is -2.34. The highest BCUT2D eigenvalue weighted by Gasteiger charge is 2.12. The third-order valence-corrected chi connectivity index (χ3v) is 4.43. The van der Waals surface area contributed by atoms with Gasteiger partial charge >= 0.3 is 0 Å². The minimum absolute atomic E-state index is 0.0684. The fourth-order valence-electron chi connectivity index (χ4n) is 2.59. The second-order valence-corrected chi connectivity index (χ2v) is 7.00. The van der Waals surface area contributed by atoms with Crippen LogP contribution in [-0.2, 0) is 9.59 Å². The summed E-state index contributed by atoms with van der Waals surface area (Å²) in [7, 11) is 0. The Balaban J connectivity index is 2.05. The molecule has 0 fully saturated rings. The van der Waals surface area contributed by atoms with Crippen LogP contribution >= 0.6 is 15.9 Å². The Labute approximate surface area is 162 Å². The van der Waals surface area contributed by atoms with Gasteiger partial charge in [-0.3, -0.25) is 9.59 Å². The lowest BCUT2D eigenvalue weighted by molar-refractivity contribution is -0.118. The Morgan fingerprint density at radius 2 is 1.54 bits per heavy atom. The first-order valence-electron chi connectivity index (χ1n) is 8.40. The molecule has 0 aliphatic rings. The Morgan fingerprint density at radius 3 is 2.08 bits per heavy atom. The van der Waals surface area contributed by atoms with E-state index in [9.17, 15) is 9.59 Å². The van der Waals surface area contributed by atoms with E-state index in [1.54, 1.807) is 19.1 Å². The summed E-state index contributed by atoms with van der Waals surface area (Å²) in [5.41, 5.74) is 4.07. The van der Waals surface area contributed by atoms with Gasteiger partial charge in [0.25, 0.3) is 5.91 Å². The predicted octanol–water partition coefficient (Wildman–Crippen LogP) is 4.74. The van der Waals surface area contributed by atoms with Gasteiger partial charge < -0.3 is 15.4 Å². The Bertz CT molecular complexity index is 811. The van der Waals surface area contributed by atoms with Crippen molar-refractivity contribution in [2.75, 3.05) is 17.2 Å². The zero-order valence-corrected chi connectivity index (χ0v) is 17.0. The number of aryl methyl sites for hydroxylation is 2. The van der Waals surface area contributed by atoms with Crippen molar-refractivity contribution in [2.24, 2.45) is 0 Å². The average molecular weight is 419 g/mol.